The third kappa shape index (κ3) is 1.95. The third-order valence-electron chi connectivity index (χ3n) is 2.26. The van der Waals surface area contributed by atoms with Crippen LogP contribution >= 0.6 is 11.8 Å². The zero-order chi connectivity index (χ0) is 9.97. The molecule has 0 radical (unpaired) electrons. The quantitative estimate of drug-likeness (QED) is 0.580. The van der Waals surface area contributed by atoms with E-state index < -0.39 is 0 Å². The molecule has 3 aliphatic heterocycles. The summed E-state index contributed by atoms with van der Waals surface area (Å²) in [5.74, 6) is 1.50. The van der Waals surface area contributed by atoms with Crippen LogP contribution in [0.3, 0.4) is 0 Å². The molecule has 0 aromatic rings. The van der Waals surface area contributed by atoms with Crippen molar-refractivity contribution in [2.45, 2.75) is 11.8 Å². The second-order valence-electron chi connectivity index (χ2n) is 3.18. The summed E-state index contributed by atoms with van der Waals surface area (Å²) in [6.45, 7) is 2.19. The van der Waals surface area contributed by atoms with Gasteiger partial charge in [-0.25, -0.2) is 4.79 Å². The number of β-lactam (4-membered cyclic amide) rings is 1. The Morgan fingerprint density at radius 3 is 2.71 bits per heavy atom. The predicted octanol–water partition coefficient (Wildman–Crippen LogP) is 0.0178. The maximum atomic E-state index is 10.6. The van der Waals surface area contributed by atoms with Crippen molar-refractivity contribution in [2.24, 2.45) is 0 Å². The Balaban J connectivity index is 0.000000112. The molecule has 3 heterocycles. The van der Waals surface area contributed by atoms with Gasteiger partial charge in [0, 0.05) is 12.3 Å². The number of alkyl carbamates (subject to hydrolysis) is 1. The van der Waals surface area contributed by atoms with Crippen LogP contribution in [0.15, 0.2) is 0 Å². The second-order valence-corrected chi connectivity index (χ2v) is 4.47. The summed E-state index contributed by atoms with van der Waals surface area (Å²) in [6, 6.07) is 0. The highest BCUT2D eigenvalue weighted by atomic mass is 32.2. The predicted molar refractivity (Wildman–Crippen MR) is 51.9 cm³/mol. The molecular weight excluding hydrogens is 204 g/mol. The zero-order valence-electron chi connectivity index (χ0n) is 7.69. The molecule has 5 nitrogen and oxygen atoms in total. The van der Waals surface area contributed by atoms with Gasteiger partial charge in [-0.1, -0.05) is 0 Å². The van der Waals surface area contributed by atoms with Crippen LogP contribution in [0.4, 0.5) is 4.79 Å². The topological polar surface area (TPSA) is 58.6 Å². The molecule has 0 saturated carbocycles. The lowest BCUT2D eigenvalue weighted by atomic mass is 10.2. The number of nitrogens with zero attached hydrogens (tertiary/aromatic N) is 1. The summed E-state index contributed by atoms with van der Waals surface area (Å²) < 4.78 is 4.40. The van der Waals surface area contributed by atoms with Crippen molar-refractivity contribution < 1.29 is 14.3 Å². The first-order valence-corrected chi connectivity index (χ1v) is 5.64. The number of ether oxygens (including phenoxy) is 1. The molecule has 1 N–H and O–H groups in total. The van der Waals surface area contributed by atoms with Crippen LogP contribution in [-0.2, 0) is 9.53 Å². The Morgan fingerprint density at radius 2 is 2.36 bits per heavy atom. The van der Waals surface area contributed by atoms with Gasteiger partial charge in [0.15, 0.2) is 0 Å². The second kappa shape index (κ2) is 4.08. The first kappa shape index (κ1) is 9.64. The van der Waals surface area contributed by atoms with Gasteiger partial charge in [0.1, 0.15) is 6.61 Å². The highest BCUT2D eigenvalue weighted by Gasteiger charge is 2.39. The normalized spacial score (nSPS) is 28.3. The number of rotatable bonds is 0. The summed E-state index contributed by atoms with van der Waals surface area (Å²) in [5, 5.41) is 3.03. The average Bonchev–Trinajstić information content (AvgIpc) is 2.74. The largest absolute Gasteiger partial charge is 0.448 e. The van der Waals surface area contributed by atoms with E-state index in [9.17, 15) is 9.59 Å². The summed E-state index contributed by atoms with van der Waals surface area (Å²) >= 11 is 1.90. The van der Waals surface area contributed by atoms with E-state index in [2.05, 4.69) is 10.1 Å². The fourth-order valence-corrected chi connectivity index (χ4v) is 2.72. The number of carbonyl (C=O) groups is 2. The molecule has 2 amide bonds. The number of thioether (sulfide) groups is 1. The van der Waals surface area contributed by atoms with Crippen LogP contribution < -0.4 is 5.32 Å². The van der Waals surface area contributed by atoms with E-state index >= 15 is 0 Å². The Morgan fingerprint density at radius 1 is 1.50 bits per heavy atom. The van der Waals surface area contributed by atoms with Crippen LogP contribution in [-0.4, -0.2) is 47.7 Å². The van der Waals surface area contributed by atoms with Crippen molar-refractivity contribution in [3.63, 3.8) is 0 Å². The number of hydrogen-bond acceptors (Lipinski definition) is 4. The van der Waals surface area contributed by atoms with E-state index in [-0.39, 0.29) is 6.09 Å². The number of amides is 2. The summed E-state index contributed by atoms with van der Waals surface area (Å²) in [7, 11) is 0. The van der Waals surface area contributed by atoms with Crippen molar-refractivity contribution in [1.82, 2.24) is 10.2 Å². The minimum Gasteiger partial charge on any atom is -0.448 e. The Hall–Kier alpha value is -0.910. The summed E-state index contributed by atoms with van der Waals surface area (Å²) in [4.78, 5) is 22.5. The van der Waals surface area contributed by atoms with Crippen molar-refractivity contribution in [2.75, 3.05) is 25.4 Å². The molecule has 6 heteroatoms. The van der Waals surface area contributed by atoms with Crippen molar-refractivity contribution in [1.29, 1.82) is 0 Å². The lowest BCUT2D eigenvalue weighted by molar-refractivity contribution is -0.140. The molecule has 3 saturated heterocycles. The SMILES string of the molecule is O=C1C[C@H]2SCCN12.O=C1NCCO1. The fraction of sp³-hybridized carbons (Fsp3) is 0.750. The van der Waals surface area contributed by atoms with Crippen molar-refractivity contribution in [3.05, 3.63) is 0 Å². The molecular formula is C8H12N2O3S. The highest BCUT2D eigenvalue weighted by Crippen LogP contribution is 2.34. The third-order valence-corrected chi connectivity index (χ3v) is 3.49. The van der Waals surface area contributed by atoms with Crippen LogP contribution in [0.1, 0.15) is 6.42 Å². The lowest BCUT2D eigenvalue weighted by Crippen LogP contribution is -2.46. The molecule has 1 atom stereocenters. The number of hydrogen-bond donors (Lipinski definition) is 1. The van der Waals surface area contributed by atoms with Crippen LogP contribution in [0.5, 0.6) is 0 Å². The molecule has 0 aliphatic carbocycles. The molecule has 0 aromatic heterocycles. The van der Waals surface area contributed by atoms with Gasteiger partial charge in [-0.05, 0) is 0 Å². The average molecular weight is 216 g/mol. The Labute approximate surface area is 86.2 Å². The van der Waals surface area contributed by atoms with Crippen molar-refractivity contribution >= 4 is 23.8 Å². The van der Waals surface area contributed by atoms with E-state index in [4.69, 9.17) is 0 Å². The van der Waals surface area contributed by atoms with E-state index in [1.165, 1.54) is 0 Å². The lowest BCUT2D eigenvalue weighted by Gasteiger charge is -2.32. The van der Waals surface area contributed by atoms with E-state index in [1.54, 1.807) is 0 Å². The van der Waals surface area contributed by atoms with Gasteiger partial charge in [0.05, 0.1) is 18.3 Å². The van der Waals surface area contributed by atoms with E-state index in [0.717, 1.165) is 18.7 Å². The number of cyclic esters (lactones) is 1. The van der Waals surface area contributed by atoms with E-state index in [1.807, 2.05) is 16.7 Å². The van der Waals surface area contributed by atoms with Crippen molar-refractivity contribution in [3.8, 4) is 0 Å². The van der Waals surface area contributed by atoms with Gasteiger partial charge in [0.2, 0.25) is 5.91 Å². The Kier molecular flexibility index (Phi) is 2.81. The van der Waals surface area contributed by atoms with E-state index in [0.29, 0.717) is 24.4 Å². The zero-order valence-corrected chi connectivity index (χ0v) is 8.51. The van der Waals surface area contributed by atoms with Gasteiger partial charge in [-0.15, -0.1) is 11.8 Å². The Bertz CT molecular complexity index is 251. The molecule has 0 spiro atoms. The molecule has 78 valence electrons. The highest BCUT2D eigenvalue weighted by molar-refractivity contribution is 8.00. The molecule has 0 aromatic carbocycles. The summed E-state index contributed by atoms with van der Waals surface area (Å²) in [5.41, 5.74) is 0. The van der Waals surface area contributed by atoms with Gasteiger partial charge < -0.3 is 15.0 Å². The molecule has 14 heavy (non-hydrogen) atoms. The van der Waals surface area contributed by atoms with Gasteiger partial charge in [-0.3, -0.25) is 4.79 Å². The summed E-state index contributed by atoms with van der Waals surface area (Å²) in [6.07, 6.45) is 0.500. The van der Waals surface area contributed by atoms with Crippen LogP contribution in [0.2, 0.25) is 0 Å². The smallest absolute Gasteiger partial charge is 0.407 e. The molecule has 3 aliphatic rings. The molecule has 3 rings (SSSR count). The number of fused-ring (bicyclic) bond motifs is 1. The number of nitrogens with one attached hydrogen (secondary N) is 1. The first-order chi connectivity index (χ1) is 6.77. The van der Waals surface area contributed by atoms with Gasteiger partial charge >= 0.3 is 6.09 Å². The number of carbonyl (C=O) groups excluding carboxylic acids is 2. The minimum absolute atomic E-state index is 0.296. The molecule has 0 bridgehead atoms. The molecule has 0 unspecified atom stereocenters. The van der Waals surface area contributed by atoms with Gasteiger partial charge in [-0.2, -0.15) is 0 Å². The fourth-order valence-electron chi connectivity index (χ4n) is 1.48. The standard InChI is InChI=1S/C5H7NOS.C3H5NO2/c7-4-3-5-6(4)1-2-8-5;5-3-4-1-2-6-3/h5H,1-3H2;1-2H2,(H,4,5)/t5-;/m1./s1. The van der Waals surface area contributed by atoms with Crippen LogP contribution in [0, 0.1) is 0 Å². The maximum absolute atomic E-state index is 10.6. The van der Waals surface area contributed by atoms with Gasteiger partial charge in [0.25, 0.3) is 0 Å². The monoisotopic (exact) mass is 216 g/mol. The minimum atomic E-state index is -0.296. The van der Waals surface area contributed by atoms with Crippen LogP contribution in [0.25, 0.3) is 0 Å². The maximum Gasteiger partial charge on any atom is 0.407 e. The first-order valence-electron chi connectivity index (χ1n) is 4.59. The molecule has 3 fully saturated rings.